The zero-order chi connectivity index (χ0) is 11.4. The third-order valence-corrected chi connectivity index (χ3v) is 2.59. The standard InChI is InChI=1S/C12H14ClN3/c1-2-7-14-11-6-3-5-10(13)12(11)16-9-4-8-15-16/h3-6,8-9,14H,2,7H2,1H3. The number of rotatable bonds is 4. The fourth-order valence-electron chi connectivity index (χ4n) is 1.55. The van der Waals surface area contributed by atoms with Gasteiger partial charge in [-0.25, -0.2) is 4.68 Å². The molecule has 0 aliphatic carbocycles. The Bertz CT molecular complexity index is 451. The van der Waals surface area contributed by atoms with Crippen LogP contribution < -0.4 is 5.32 Å². The molecule has 3 nitrogen and oxygen atoms in total. The van der Waals surface area contributed by atoms with Crippen LogP contribution in [0.5, 0.6) is 0 Å². The van der Waals surface area contributed by atoms with Crippen molar-refractivity contribution in [1.29, 1.82) is 0 Å². The maximum Gasteiger partial charge on any atom is 0.106 e. The van der Waals surface area contributed by atoms with Crippen LogP contribution in [-0.4, -0.2) is 16.3 Å². The lowest BCUT2D eigenvalue weighted by Crippen LogP contribution is -2.05. The maximum absolute atomic E-state index is 6.20. The summed E-state index contributed by atoms with van der Waals surface area (Å²) in [6.07, 6.45) is 4.70. The van der Waals surface area contributed by atoms with E-state index in [0.717, 1.165) is 24.3 Å². The molecule has 2 aromatic rings. The molecule has 1 heterocycles. The molecule has 0 amide bonds. The summed E-state index contributed by atoms with van der Waals surface area (Å²) in [5, 5.41) is 8.25. The molecule has 0 fully saturated rings. The Kier molecular flexibility index (Phi) is 3.47. The van der Waals surface area contributed by atoms with Gasteiger partial charge in [0.05, 0.1) is 10.7 Å². The molecule has 0 radical (unpaired) electrons. The first-order valence-corrected chi connectivity index (χ1v) is 5.73. The molecule has 2 rings (SSSR count). The van der Waals surface area contributed by atoms with Crippen molar-refractivity contribution < 1.29 is 0 Å². The third kappa shape index (κ3) is 2.19. The van der Waals surface area contributed by atoms with Gasteiger partial charge in [-0.1, -0.05) is 24.6 Å². The van der Waals surface area contributed by atoms with E-state index in [1.165, 1.54) is 0 Å². The molecule has 0 unspecified atom stereocenters. The molecule has 0 aliphatic rings. The second-order valence-electron chi connectivity index (χ2n) is 3.51. The SMILES string of the molecule is CCCNc1cccc(Cl)c1-n1cccn1. The van der Waals surface area contributed by atoms with Crippen molar-refractivity contribution in [1.82, 2.24) is 9.78 Å². The van der Waals surface area contributed by atoms with E-state index in [0.29, 0.717) is 5.02 Å². The topological polar surface area (TPSA) is 29.9 Å². The van der Waals surface area contributed by atoms with Gasteiger partial charge in [-0.15, -0.1) is 0 Å². The van der Waals surface area contributed by atoms with Gasteiger partial charge in [0.25, 0.3) is 0 Å². The Morgan fingerprint density at radius 3 is 2.94 bits per heavy atom. The van der Waals surface area contributed by atoms with Crippen LogP contribution in [0.2, 0.25) is 5.02 Å². The van der Waals surface area contributed by atoms with Gasteiger partial charge in [0, 0.05) is 18.9 Å². The highest BCUT2D eigenvalue weighted by atomic mass is 35.5. The number of nitrogens with zero attached hydrogens (tertiary/aromatic N) is 2. The van der Waals surface area contributed by atoms with Crippen LogP contribution in [0.15, 0.2) is 36.7 Å². The molecule has 0 saturated heterocycles. The normalized spacial score (nSPS) is 10.4. The quantitative estimate of drug-likeness (QED) is 0.881. The lowest BCUT2D eigenvalue weighted by molar-refractivity contribution is 0.876. The van der Waals surface area contributed by atoms with Gasteiger partial charge in [-0.2, -0.15) is 5.10 Å². The number of benzene rings is 1. The zero-order valence-electron chi connectivity index (χ0n) is 9.15. The average Bonchev–Trinajstić information content (AvgIpc) is 2.79. The van der Waals surface area contributed by atoms with E-state index in [1.807, 2.05) is 30.5 Å². The Labute approximate surface area is 100 Å². The minimum absolute atomic E-state index is 0.699. The molecule has 0 aliphatic heterocycles. The van der Waals surface area contributed by atoms with Gasteiger partial charge in [0.1, 0.15) is 5.69 Å². The number of halogens is 1. The number of hydrogen-bond donors (Lipinski definition) is 1. The largest absolute Gasteiger partial charge is 0.383 e. The molecule has 0 spiro atoms. The third-order valence-electron chi connectivity index (χ3n) is 2.29. The second-order valence-corrected chi connectivity index (χ2v) is 3.92. The first-order valence-electron chi connectivity index (χ1n) is 5.35. The van der Waals surface area contributed by atoms with Crippen molar-refractivity contribution >= 4 is 17.3 Å². The highest BCUT2D eigenvalue weighted by molar-refractivity contribution is 6.33. The summed E-state index contributed by atoms with van der Waals surface area (Å²) in [5.74, 6) is 0. The molecule has 4 heteroatoms. The van der Waals surface area contributed by atoms with E-state index in [9.17, 15) is 0 Å². The van der Waals surface area contributed by atoms with Gasteiger partial charge in [0.15, 0.2) is 0 Å². The van der Waals surface area contributed by atoms with Gasteiger partial charge in [-0.3, -0.25) is 0 Å². The smallest absolute Gasteiger partial charge is 0.106 e. The second kappa shape index (κ2) is 5.03. The predicted molar refractivity (Wildman–Crippen MR) is 67.4 cm³/mol. The van der Waals surface area contributed by atoms with Crippen molar-refractivity contribution in [3.05, 3.63) is 41.7 Å². The van der Waals surface area contributed by atoms with Crippen LogP contribution in [0.4, 0.5) is 5.69 Å². The molecule has 84 valence electrons. The Hall–Kier alpha value is -1.48. The maximum atomic E-state index is 6.20. The number of hydrogen-bond acceptors (Lipinski definition) is 2. The summed E-state index contributed by atoms with van der Waals surface area (Å²) in [6.45, 7) is 3.06. The van der Waals surface area contributed by atoms with Crippen LogP contribution in [0.25, 0.3) is 5.69 Å². The molecule has 16 heavy (non-hydrogen) atoms. The van der Waals surface area contributed by atoms with Crippen molar-refractivity contribution in [2.75, 3.05) is 11.9 Å². The number of para-hydroxylation sites is 1. The predicted octanol–water partition coefficient (Wildman–Crippen LogP) is 3.35. The summed E-state index contributed by atoms with van der Waals surface area (Å²) in [4.78, 5) is 0. The zero-order valence-corrected chi connectivity index (χ0v) is 9.91. The molecule has 1 aromatic carbocycles. The summed E-state index contributed by atoms with van der Waals surface area (Å²) >= 11 is 6.20. The van der Waals surface area contributed by atoms with E-state index in [1.54, 1.807) is 10.9 Å². The van der Waals surface area contributed by atoms with Crippen molar-refractivity contribution in [3.8, 4) is 5.69 Å². The fraction of sp³-hybridized carbons (Fsp3) is 0.250. The van der Waals surface area contributed by atoms with Crippen LogP contribution in [0, 0.1) is 0 Å². The van der Waals surface area contributed by atoms with E-state index in [4.69, 9.17) is 11.6 Å². The number of anilines is 1. The molecule has 1 aromatic heterocycles. The Morgan fingerprint density at radius 2 is 2.25 bits per heavy atom. The summed E-state index contributed by atoms with van der Waals surface area (Å²) < 4.78 is 1.78. The molecule has 0 atom stereocenters. The van der Waals surface area contributed by atoms with Crippen molar-refractivity contribution in [2.45, 2.75) is 13.3 Å². The van der Waals surface area contributed by atoms with Gasteiger partial charge >= 0.3 is 0 Å². The van der Waals surface area contributed by atoms with Crippen LogP contribution >= 0.6 is 11.6 Å². The first-order chi connectivity index (χ1) is 7.83. The van der Waals surface area contributed by atoms with Crippen LogP contribution in [-0.2, 0) is 0 Å². The highest BCUT2D eigenvalue weighted by Gasteiger charge is 2.08. The minimum atomic E-state index is 0.699. The fourth-order valence-corrected chi connectivity index (χ4v) is 1.81. The van der Waals surface area contributed by atoms with Crippen LogP contribution in [0.1, 0.15) is 13.3 Å². The minimum Gasteiger partial charge on any atom is -0.383 e. The van der Waals surface area contributed by atoms with Crippen molar-refractivity contribution in [2.24, 2.45) is 0 Å². The van der Waals surface area contributed by atoms with E-state index in [-0.39, 0.29) is 0 Å². The lowest BCUT2D eigenvalue weighted by atomic mass is 10.2. The number of aromatic nitrogens is 2. The molecule has 0 bridgehead atoms. The molecule has 1 N–H and O–H groups in total. The average molecular weight is 236 g/mol. The lowest BCUT2D eigenvalue weighted by Gasteiger charge is -2.12. The number of nitrogens with one attached hydrogen (secondary N) is 1. The van der Waals surface area contributed by atoms with E-state index >= 15 is 0 Å². The van der Waals surface area contributed by atoms with E-state index < -0.39 is 0 Å². The summed E-state index contributed by atoms with van der Waals surface area (Å²) in [6, 6.07) is 7.70. The highest BCUT2D eigenvalue weighted by Crippen LogP contribution is 2.27. The Balaban J connectivity index is 2.41. The first kappa shape index (κ1) is 11.0. The molecule has 0 saturated carbocycles. The summed E-state index contributed by atoms with van der Waals surface area (Å²) in [5.41, 5.74) is 1.92. The van der Waals surface area contributed by atoms with Crippen molar-refractivity contribution in [3.63, 3.8) is 0 Å². The van der Waals surface area contributed by atoms with Gasteiger partial charge in [-0.05, 0) is 24.6 Å². The molecular weight excluding hydrogens is 222 g/mol. The summed E-state index contributed by atoms with van der Waals surface area (Å²) in [7, 11) is 0. The van der Waals surface area contributed by atoms with Gasteiger partial charge in [0.2, 0.25) is 0 Å². The van der Waals surface area contributed by atoms with E-state index in [2.05, 4.69) is 17.3 Å². The Morgan fingerprint density at radius 1 is 1.38 bits per heavy atom. The van der Waals surface area contributed by atoms with Gasteiger partial charge < -0.3 is 5.32 Å². The van der Waals surface area contributed by atoms with Crippen LogP contribution in [0.3, 0.4) is 0 Å². The molecular formula is C12H14ClN3. The monoisotopic (exact) mass is 235 g/mol.